The maximum absolute atomic E-state index is 12.2. The van der Waals surface area contributed by atoms with Crippen LogP contribution in [0.1, 0.15) is 26.4 Å². The fraction of sp³-hybridized carbons (Fsp3) is 0.133. The van der Waals surface area contributed by atoms with Gasteiger partial charge in [-0.15, -0.1) is 0 Å². The van der Waals surface area contributed by atoms with Crippen molar-refractivity contribution in [2.75, 3.05) is 7.05 Å². The Morgan fingerprint density at radius 2 is 2.05 bits per heavy atom. The zero-order valence-electron chi connectivity index (χ0n) is 11.3. The molecule has 108 valence electrons. The zero-order chi connectivity index (χ0) is 15.4. The summed E-state index contributed by atoms with van der Waals surface area (Å²) in [6.07, 6.45) is 1.26. The first kappa shape index (κ1) is 15.0. The fourth-order valence-electron chi connectivity index (χ4n) is 1.85. The van der Waals surface area contributed by atoms with Crippen LogP contribution in [0.2, 0.25) is 5.02 Å². The normalized spacial score (nSPS) is 10.2. The van der Waals surface area contributed by atoms with Gasteiger partial charge in [0.2, 0.25) is 0 Å². The number of hydrogen-bond acceptors (Lipinski definition) is 3. The molecule has 1 N–H and O–H groups in total. The average Bonchev–Trinajstić information content (AvgIpc) is 2.46. The Morgan fingerprint density at radius 1 is 1.29 bits per heavy atom. The quantitative estimate of drug-likeness (QED) is 0.943. The highest BCUT2D eigenvalue weighted by molar-refractivity contribution is 6.30. The molecule has 0 spiro atoms. The number of benzene rings is 1. The van der Waals surface area contributed by atoms with E-state index in [0.29, 0.717) is 17.1 Å². The average molecular weight is 305 g/mol. The van der Waals surface area contributed by atoms with E-state index in [-0.39, 0.29) is 11.6 Å². The lowest BCUT2D eigenvalue weighted by Gasteiger charge is -2.17. The number of carbonyl (C=O) groups is 2. The van der Waals surface area contributed by atoms with Gasteiger partial charge in [0.25, 0.3) is 5.91 Å². The molecular formula is C15H13ClN2O3. The highest BCUT2D eigenvalue weighted by Crippen LogP contribution is 2.13. The molecular weight excluding hydrogens is 292 g/mol. The van der Waals surface area contributed by atoms with E-state index in [4.69, 9.17) is 16.7 Å². The first-order valence-electron chi connectivity index (χ1n) is 6.16. The SMILES string of the molecule is CN(Cc1cccc(Cl)c1)C(=O)c1ccc(C(=O)O)nc1. The molecule has 0 radical (unpaired) electrons. The molecule has 2 aromatic rings. The number of rotatable bonds is 4. The highest BCUT2D eigenvalue weighted by atomic mass is 35.5. The van der Waals surface area contributed by atoms with Crippen LogP contribution in [0.3, 0.4) is 0 Å². The number of amides is 1. The first-order valence-corrected chi connectivity index (χ1v) is 6.54. The van der Waals surface area contributed by atoms with Crippen LogP contribution in [0.4, 0.5) is 0 Å². The minimum absolute atomic E-state index is 0.0935. The van der Waals surface area contributed by atoms with Crippen LogP contribution in [0, 0.1) is 0 Å². The van der Waals surface area contributed by atoms with Crippen LogP contribution in [0.15, 0.2) is 42.6 Å². The number of halogens is 1. The van der Waals surface area contributed by atoms with E-state index in [9.17, 15) is 9.59 Å². The summed E-state index contributed by atoms with van der Waals surface area (Å²) in [6.45, 7) is 0.403. The van der Waals surface area contributed by atoms with Gasteiger partial charge in [-0.25, -0.2) is 9.78 Å². The van der Waals surface area contributed by atoms with E-state index in [0.717, 1.165) is 5.56 Å². The molecule has 2 rings (SSSR count). The van der Waals surface area contributed by atoms with E-state index < -0.39 is 5.97 Å². The van der Waals surface area contributed by atoms with E-state index in [1.54, 1.807) is 19.2 Å². The molecule has 0 saturated carbocycles. The maximum Gasteiger partial charge on any atom is 0.354 e. The lowest BCUT2D eigenvalue weighted by Crippen LogP contribution is -2.26. The summed E-state index contributed by atoms with van der Waals surface area (Å²) in [5.74, 6) is -1.36. The predicted octanol–water partition coefficient (Wildman–Crippen LogP) is 2.71. The van der Waals surface area contributed by atoms with Gasteiger partial charge in [-0.3, -0.25) is 4.79 Å². The molecule has 21 heavy (non-hydrogen) atoms. The van der Waals surface area contributed by atoms with Gasteiger partial charge in [0.1, 0.15) is 5.69 Å². The van der Waals surface area contributed by atoms with Crippen molar-refractivity contribution in [3.8, 4) is 0 Å². The summed E-state index contributed by atoms with van der Waals surface area (Å²) in [7, 11) is 1.66. The summed E-state index contributed by atoms with van der Waals surface area (Å²) >= 11 is 5.90. The molecule has 0 unspecified atom stereocenters. The second-order valence-electron chi connectivity index (χ2n) is 4.53. The molecule has 0 aliphatic rings. The van der Waals surface area contributed by atoms with E-state index in [2.05, 4.69) is 4.98 Å². The number of nitrogens with zero attached hydrogens (tertiary/aromatic N) is 2. The molecule has 0 bridgehead atoms. The Kier molecular flexibility index (Phi) is 4.55. The van der Waals surface area contributed by atoms with E-state index >= 15 is 0 Å². The number of carboxylic acid groups (broad SMARTS) is 1. The molecule has 1 heterocycles. The Balaban J connectivity index is 2.10. The highest BCUT2D eigenvalue weighted by Gasteiger charge is 2.14. The van der Waals surface area contributed by atoms with Crippen molar-refractivity contribution in [2.45, 2.75) is 6.54 Å². The third kappa shape index (κ3) is 3.79. The number of carbonyl (C=O) groups excluding carboxylic acids is 1. The monoisotopic (exact) mass is 304 g/mol. The molecule has 5 nitrogen and oxygen atoms in total. The summed E-state index contributed by atoms with van der Waals surface area (Å²) in [4.78, 5) is 28.2. The van der Waals surface area contributed by atoms with E-state index in [1.165, 1.54) is 23.2 Å². The topological polar surface area (TPSA) is 70.5 Å². The Labute approximate surface area is 126 Å². The molecule has 0 fully saturated rings. The molecule has 1 aromatic carbocycles. The largest absolute Gasteiger partial charge is 0.477 e. The van der Waals surface area contributed by atoms with Crippen LogP contribution in [0.25, 0.3) is 0 Å². The molecule has 0 saturated heterocycles. The van der Waals surface area contributed by atoms with Crippen molar-refractivity contribution in [1.29, 1.82) is 0 Å². The van der Waals surface area contributed by atoms with E-state index in [1.807, 2.05) is 12.1 Å². The van der Waals surface area contributed by atoms with Crippen molar-refractivity contribution in [1.82, 2.24) is 9.88 Å². The number of aromatic carboxylic acids is 1. The van der Waals surface area contributed by atoms with Gasteiger partial charge < -0.3 is 10.0 Å². The Hall–Kier alpha value is -2.40. The number of hydrogen-bond donors (Lipinski definition) is 1. The zero-order valence-corrected chi connectivity index (χ0v) is 12.0. The van der Waals surface area contributed by atoms with Gasteiger partial charge in [0.15, 0.2) is 0 Å². The first-order chi connectivity index (χ1) is 9.97. The van der Waals surface area contributed by atoms with Crippen molar-refractivity contribution in [2.24, 2.45) is 0 Å². The van der Waals surface area contributed by atoms with Crippen LogP contribution < -0.4 is 0 Å². The van der Waals surface area contributed by atoms with Gasteiger partial charge in [0.05, 0.1) is 5.56 Å². The minimum atomic E-state index is -1.12. The van der Waals surface area contributed by atoms with Gasteiger partial charge in [-0.05, 0) is 29.8 Å². The third-order valence-electron chi connectivity index (χ3n) is 2.89. The van der Waals surface area contributed by atoms with Gasteiger partial charge >= 0.3 is 5.97 Å². The Bertz CT molecular complexity index is 671. The van der Waals surface area contributed by atoms with Crippen LogP contribution in [-0.4, -0.2) is 33.9 Å². The summed E-state index contributed by atoms with van der Waals surface area (Å²) in [5, 5.41) is 9.39. The summed E-state index contributed by atoms with van der Waals surface area (Å²) in [6, 6.07) is 10.0. The van der Waals surface area contributed by atoms with Crippen LogP contribution in [0.5, 0.6) is 0 Å². The second kappa shape index (κ2) is 6.37. The number of pyridine rings is 1. The third-order valence-corrected chi connectivity index (χ3v) is 3.12. The predicted molar refractivity (Wildman–Crippen MR) is 78.4 cm³/mol. The lowest BCUT2D eigenvalue weighted by molar-refractivity contribution is 0.0688. The lowest BCUT2D eigenvalue weighted by atomic mass is 10.2. The molecule has 1 aromatic heterocycles. The molecule has 0 aliphatic heterocycles. The summed E-state index contributed by atoms with van der Waals surface area (Å²) < 4.78 is 0. The van der Waals surface area contributed by atoms with Crippen LogP contribution in [-0.2, 0) is 6.54 Å². The molecule has 0 atom stereocenters. The molecule has 6 heteroatoms. The number of aromatic nitrogens is 1. The van der Waals surface area contributed by atoms with Crippen molar-refractivity contribution in [3.05, 3.63) is 64.4 Å². The fourth-order valence-corrected chi connectivity index (χ4v) is 2.06. The van der Waals surface area contributed by atoms with Crippen molar-refractivity contribution in [3.63, 3.8) is 0 Å². The minimum Gasteiger partial charge on any atom is -0.477 e. The number of carboxylic acids is 1. The van der Waals surface area contributed by atoms with Crippen molar-refractivity contribution < 1.29 is 14.7 Å². The maximum atomic E-state index is 12.2. The Morgan fingerprint density at radius 3 is 2.62 bits per heavy atom. The smallest absolute Gasteiger partial charge is 0.354 e. The standard InChI is InChI=1S/C15H13ClN2O3/c1-18(9-10-3-2-4-12(16)7-10)14(19)11-5-6-13(15(20)21)17-8-11/h2-8H,9H2,1H3,(H,20,21). The van der Waals surface area contributed by atoms with Gasteiger partial charge in [-0.1, -0.05) is 23.7 Å². The van der Waals surface area contributed by atoms with Gasteiger partial charge in [0, 0.05) is 24.8 Å². The molecule has 0 aliphatic carbocycles. The second-order valence-corrected chi connectivity index (χ2v) is 4.96. The van der Waals surface area contributed by atoms with Crippen LogP contribution >= 0.6 is 11.6 Å². The molecule has 1 amide bonds. The van der Waals surface area contributed by atoms with Crippen molar-refractivity contribution >= 4 is 23.5 Å². The summed E-state index contributed by atoms with van der Waals surface area (Å²) in [5.41, 5.74) is 1.15. The van der Waals surface area contributed by atoms with Gasteiger partial charge in [-0.2, -0.15) is 0 Å².